The first-order valence-electron chi connectivity index (χ1n) is 12.4. The minimum Gasteiger partial charge on any atom is -0.493 e. The third-order valence-electron chi connectivity index (χ3n) is 6.74. The number of hydrogen-bond donors (Lipinski definition) is 2. The highest BCUT2D eigenvalue weighted by molar-refractivity contribution is 6.74. The molecule has 10 heteroatoms. The summed E-state index contributed by atoms with van der Waals surface area (Å²) in [5, 5.41) is 24.9. The van der Waals surface area contributed by atoms with Gasteiger partial charge in [0.05, 0.1) is 24.8 Å². The third kappa shape index (κ3) is 6.83. The molecule has 0 saturated carbocycles. The van der Waals surface area contributed by atoms with Gasteiger partial charge in [-0.05, 0) is 62.5 Å². The Kier molecular flexibility index (Phi) is 9.22. The van der Waals surface area contributed by atoms with Crippen molar-refractivity contribution in [2.75, 3.05) is 26.4 Å². The quantitative estimate of drug-likeness (QED) is 0.366. The molecule has 2 N–H and O–H groups in total. The molecule has 0 aliphatic carbocycles. The van der Waals surface area contributed by atoms with E-state index in [0.717, 1.165) is 31.2 Å². The molecule has 2 heterocycles. The molecule has 8 nitrogen and oxygen atoms in total. The molecule has 2 atom stereocenters. The van der Waals surface area contributed by atoms with Crippen molar-refractivity contribution in [3.63, 3.8) is 0 Å². The molecular formula is C24H41BN2O6Si. The fourth-order valence-electron chi connectivity index (χ4n) is 3.87. The average Bonchev–Trinajstić information content (AvgIpc) is 3.15. The number of hydrogen-bond acceptors (Lipinski definition) is 7. The molecule has 0 bridgehead atoms. The lowest BCUT2D eigenvalue weighted by atomic mass is 9.84. The Balaban J connectivity index is 1.50. The Bertz CT molecular complexity index is 924. The van der Waals surface area contributed by atoms with Gasteiger partial charge in [0.25, 0.3) is 0 Å². The molecule has 2 unspecified atom stereocenters. The van der Waals surface area contributed by atoms with Crippen molar-refractivity contribution in [2.24, 2.45) is 0 Å². The van der Waals surface area contributed by atoms with Gasteiger partial charge in [0.2, 0.25) is 0 Å². The van der Waals surface area contributed by atoms with Crippen LogP contribution in [-0.2, 0) is 13.9 Å². The van der Waals surface area contributed by atoms with E-state index in [4.69, 9.17) is 18.6 Å². The number of fused-ring (bicyclic) bond motifs is 1. The summed E-state index contributed by atoms with van der Waals surface area (Å²) in [6, 6.07) is 5.59. The van der Waals surface area contributed by atoms with Crippen molar-refractivity contribution in [2.45, 2.75) is 83.8 Å². The molecule has 1 aromatic carbocycles. The molecule has 0 spiro atoms. The molecule has 1 aromatic heterocycles. The molecule has 1 aliphatic rings. The maximum atomic E-state index is 9.83. The van der Waals surface area contributed by atoms with Crippen LogP contribution in [0, 0.1) is 0 Å². The van der Waals surface area contributed by atoms with Gasteiger partial charge in [0.15, 0.2) is 14.5 Å². The average molecular weight is 492 g/mol. The van der Waals surface area contributed by atoms with Crippen LogP contribution in [0.1, 0.15) is 59.6 Å². The monoisotopic (exact) mass is 492 g/mol. The number of aromatic nitrogens is 2. The van der Waals surface area contributed by atoms with Gasteiger partial charge in [-0.3, -0.25) is 0 Å². The maximum Gasteiger partial charge on any atom is 0.510 e. The number of nitrogens with zero attached hydrogens (tertiary/aromatic N) is 2. The topological polar surface area (TPSA) is 95.2 Å². The molecule has 2 aromatic rings. The predicted octanol–water partition coefficient (Wildman–Crippen LogP) is 3.61. The zero-order valence-electron chi connectivity index (χ0n) is 21.5. The molecule has 0 amide bonds. The van der Waals surface area contributed by atoms with E-state index in [9.17, 15) is 10.0 Å². The Hall–Kier alpha value is -1.43. The van der Waals surface area contributed by atoms with Crippen LogP contribution in [-0.4, -0.2) is 67.8 Å². The van der Waals surface area contributed by atoms with Crippen LogP contribution in [0.25, 0.3) is 10.9 Å². The first-order chi connectivity index (χ1) is 16.0. The smallest absolute Gasteiger partial charge is 0.493 e. The van der Waals surface area contributed by atoms with Gasteiger partial charge in [-0.25, -0.2) is 4.68 Å². The van der Waals surface area contributed by atoms with Gasteiger partial charge < -0.3 is 28.7 Å². The van der Waals surface area contributed by atoms with E-state index in [1.165, 1.54) is 0 Å². The molecule has 1 saturated heterocycles. The first kappa shape index (κ1) is 27.2. The summed E-state index contributed by atoms with van der Waals surface area (Å²) in [5.41, 5.74) is 1.02. The molecule has 34 heavy (non-hydrogen) atoms. The molecule has 0 radical (unpaired) electrons. The van der Waals surface area contributed by atoms with Gasteiger partial charge in [0.1, 0.15) is 11.3 Å². The molecule has 1 aliphatic heterocycles. The second-order valence-electron chi connectivity index (χ2n) is 10.7. The summed E-state index contributed by atoms with van der Waals surface area (Å²) in [6.07, 6.45) is 3.58. The van der Waals surface area contributed by atoms with Crippen molar-refractivity contribution in [3.8, 4) is 5.75 Å². The van der Waals surface area contributed by atoms with E-state index in [2.05, 4.69) is 45.9 Å². The summed E-state index contributed by atoms with van der Waals surface area (Å²) < 4.78 is 25.6. The Morgan fingerprint density at radius 1 is 1.24 bits per heavy atom. The molecule has 1 fully saturated rings. The molecule has 190 valence electrons. The van der Waals surface area contributed by atoms with Crippen LogP contribution in [0.2, 0.25) is 18.1 Å². The summed E-state index contributed by atoms with van der Waals surface area (Å²) >= 11 is 0. The minimum absolute atomic E-state index is 0.0669. The summed E-state index contributed by atoms with van der Waals surface area (Å²) in [5.74, 6) is 0.660. The summed E-state index contributed by atoms with van der Waals surface area (Å²) in [4.78, 5) is 0. The number of benzene rings is 1. The molecular weight excluding hydrogens is 451 g/mol. The fourth-order valence-corrected chi connectivity index (χ4v) is 5.30. The first-order valence-corrected chi connectivity index (χ1v) is 15.3. The fraction of sp³-hybridized carbons (Fsp3) is 0.708. The van der Waals surface area contributed by atoms with Gasteiger partial charge in [0, 0.05) is 25.0 Å². The minimum atomic E-state index is -1.79. The Morgan fingerprint density at radius 2 is 2.00 bits per heavy atom. The van der Waals surface area contributed by atoms with E-state index in [1.54, 1.807) is 4.68 Å². The van der Waals surface area contributed by atoms with Crippen LogP contribution in [0.4, 0.5) is 0 Å². The second-order valence-corrected chi connectivity index (χ2v) is 15.4. The van der Waals surface area contributed by atoms with Crippen LogP contribution in [0.5, 0.6) is 5.75 Å². The standard InChI is InChI=1S/C24H41BN2O6Si/c1-18(33-34(5,6)24(2,3)4)17-30-13-9-15-31-19-11-12-21-20(16-19)23(25(28)29)26-27(21)22-10-7-8-14-32-22/h11-12,16,18,22,28-29H,7-10,13-15,17H2,1-6H3. The highest BCUT2D eigenvalue weighted by atomic mass is 28.4. The zero-order chi connectivity index (χ0) is 24.9. The summed E-state index contributed by atoms with van der Waals surface area (Å²) in [7, 11) is -3.45. The lowest BCUT2D eigenvalue weighted by Gasteiger charge is -2.38. The van der Waals surface area contributed by atoms with Crippen molar-refractivity contribution in [1.29, 1.82) is 0 Å². The lowest BCUT2D eigenvalue weighted by molar-refractivity contribution is -0.0364. The van der Waals surface area contributed by atoms with Gasteiger partial charge in [-0.15, -0.1) is 0 Å². The lowest BCUT2D eigenvalue weighted by Crippen LogP contribution is -2.44. The van der Waals surface area contributed by atoms with Crippen molar-refractivity contribution < 1.29 is 28.7 Å². The van der Waals surface area contributed by atoms with Gasteiger partial charge in [-0.1, -0.05) is 20.8 Å². The zero-order valence-corrected chi connectivity index (χ0v) is 22.5. The predicted molar refractivity (Wildman–Crippen MR) is 137 cm³/mol. The highest BCUT2D eigenvalue weighted by Crippen LogP contribution is 2.37. The third-order valence-corrected chi connectivity index (χ3v) is 11.3. The van der Waals surface area contributed by atoms with E-state index in [1.807, 2.05) is 18.2 Å². The highest BCUT2D eigenvalue weighted by Gasteiger charge is 2.38. The van der Waals surface area contributed by atoms with E-state index in [-0.39, 0.29) is 23.0 Å². The largest absolute Gasteiger partial charge is 0.510 e. The van der Waals surface area contributed by atoms with Crippen molar-refractivity contribution in [1.82, 2.24) is 9.78 Å². The van der Waals surface area contributed by atoms with Gasteiger partial charge >= 0.3 is 7.12 Å². The Labute approximate surface area is 204 Å². The van der Waals surface area contributed by atoms with Crippen molar-refractivity contribution >= 4 is 31.9 Å². The SMILES string of the molecule is CC(COCCCOc1ccc2c(c1)c(B(O)O)nn2C1CCCCO1)O[Si](C)(C)C(C)(C)C. The number of ether oxygens (including phenoxy) is 3. The van der Waals surface area contributed by atoms with Crippen LogP contribution >= 0.6 is 0 Å². The van der Waals surface area contributed by atoms with Crippen LogP contribution in [0.3, 0.4) is 0 Å². The van der Waals surface area contributed by atoms with Gasteiger partial charge in [-0.2, -0.15) is 5.10 Å². The van der Waals surface area contributed by atoms with Crippen LogP contribution in [0.15, 0.2) is 18.2 Å². The summed E-state index contributed by atoms with van der Waals surface area (Å²) in [6.45, 7) is 15.6. The van der Waals surface area contributed by atoms with E-state index in [0.29, 0.717) is 37.6 Å². The van der Waals surface area contributed by atoms with Crippen LogP contribution < -0.4 is 10.3 Å². The normalized spacial score (nSPS) is 18.3. The van der Waals surface area contributed by atoms with E-state index >= 15 is 0 Å². The Morgan fingerprint density at radius 3 is 2.65 bits per heavy atom. The van der Waals surface area contributed by atoms with Crippen molar-refractivity contribution in [3.05, 3.63) is 18.2 Å². The molecule has 3 rings (SSSR count). The van der Waals surface area contributed by atoms with E-state index < -0.39 is 15.4 Å². The second kappa shape index (κ2) is 11.5. The number of rotatable bonds is 11. The maximum absolute atomic E-state index is 9.83.